The molecule has 5 heteroatoms. The van der Waals surface area contributed by atoms with Crippen molar-refractivity contribution in [3.05, 3.63) is 63.5 Å². The van der Waals surface area contributed by atoms with Crippen LogP contribution in [0, 0.1) is 6.92 Å². The Hall–Kier alpha value is -1.69. The number of benzene rings is 1. The Balaban J connectivity index is 2.06. The van der Waals surface area contributed by atoms with Crippen LogP contribution in [0.3, 0.4) is 0 Å². The zero-order valence-electron chi connectivity index (χ0n) is 12.5. The first-order valence-electron chi connectivity index (χ1n) is 7.11. The summed E-state index contributed by atoms with van der Waals surface area (Å²) >= 11 is 6.81. The highest BCUT2D eigenvalue weighted by molar-refractivity contribution is 7.80. The van der Waals surface area contributed by atoms with Gasteiger partial charge in [-0.2, -0.15) is 0 Å². The van der Waals surface area contributed by atoms with E-state index in [0.717, 1.165) is 16.1 Å². The summed E-state index contributed by atoms with van der Waals surface area (Å²) in [6, 6.07) is 12.3. The third-order valence-electron chi connectivity index (χ3n) is 3.41. The first kappa shape index (κ1) is 15.2. The standard InChI is InChI=1S/C17H17NO2S2/c1-3-19-17(15-5-4-10-22-15)14(18-16(21)20-17)11-13-8-6-12(2)7-9-13/h4-11H,3H2,1-2H3,(H,18,21)/b14-11+. The fourth-order valence-electron chi connectivity index (χ4n) is 2.39. The third-order valence-corrected chi connectivity index (χ3v) is 4.55. The molecule has 1 aromatic carbocycles. The van der Waals surface area contributed by atoms with Crippen molar-refractivity contribution in [2.45, 2.75) is 19.6 Å². The van der Waals surface area contributed by atoms with Crippen LogP contribution in [0.5, 0.6) is 0 Å². The van der Waals surface area contributed by atoms with Crippen molar-refractivity contribution in [1.82, 2.24) is 5.32 Å². The van der Waals surface area contributed by atoms with Gasteiger partial charge < -0.3 is 14.8 Å². The molecule has 3 nitrogen and oxygen atoms in total. The lowest BCUT2D eigenvalue weighted by atomic mass is 10.1. The van der Waals surface area contributed by atoms with Crippen molar-refractivity contribution in [1.29, 1.82) is 0 Å². The Kier molecular flexibility index (Phi) is 4.29. The predicted octanol–water partition coefficient (Wildman–Crippen LogP) is 4.19. The SMILES string of the molecule is CCOC1(c2cccs2)OC(=S)N/C1=C/c1ccc(C)cc1. The van der Waals surface area contributed by atoms with Gasteiger partial charge in [0.05, 0.1) is 10.6 Å². The zero-order chi connectivity index (χ0) is 15.6. The monoisotopic (exact) mass is 331 g/mol. The molecule has 2 aromatic rings. The van der Waals surface area contributed by atoms with E-state index in [1.54, 1.807) is 11.3 Å². The molecule has 3 rings (SSSR count). The highest BCUT2D eigenvalue weighted by Crippen LogP contribution is 2.41. The number of ether oxygens (including phenoxy) is 2. The number of rotatable bonds is 4. The quantitative estimate of drug-likeness (QED) is 0.851. The lowest BCUT2D eigenvalue weighted by Gasteiger charge is -2.26. The maximum absolute atomic E-state index is 5.98. The summed E-state index contributed by atoms with van der Waals surface area (Å²) in [4.78, 5) is 0.972. The lowest BCUT2D eigenvalue weighted by Crippen LogP contribution is -2.31. The number of thiocarbonyl (C=S) groups is 1. The maximum Gasteiger partial charge on any atom is 0.291 e. The largest absolute Gasteiger partial charge is 0.427 e. The Morgan fingerprint density at radius 1 is 1.32 bits per heavy atom. The van der Waals surface area contributed by atoms with E-state index in [9.17, 15) is 0 Å². The lowest BCUT2D eigenvalue weighted by molar-refractivity contribution is -0.152. The van der Waals surface area contributed by atoms with Crippen LogP contribution in [-0.4, -0.2) is 11.8 Å². The highest BCUT2D eigenvalue weighted by Gasteiger charge is 2.47. The normalized spacial score (nSPS) is 22.6. The molecule has 1 unspecified atom stereocenters. The van der Waals surface area contributed by atoms with E-state index < -0.39 is 5.79 Å². The van der Waals surface area contributed by atoms with Crippen molar-refractivity contribution in [2.24, 2.45) is 0 Å². The van der Waals surface area contributed by atoms with E-state index >= 15 is 0 Å². The molecule has 2 heterocycles. The van der Waals surface area contributed by atoms with Gasteiger partial charge in [-0.3, -0.25) is 0 Å². The summed E-state index contributed by atoms with van der Waals surface area (Å²) in [6.07, 6.45) is 2.02. The molecule has 1 saturated heterocycles. The van der Waals surface area contributed by atoms with Crippen LogP contribution >= 0.6 is 23.6 Å². The van der Waals surface area contributed by atoms with Gasteiger partial charge in [-0.1, -0.05) is 35.9 Å². The first-order valence-corrected chi connectivity index (χ1v) is 8.39. The summed E-state index contributed by atoms with van der Waals surface area (Å²) < 4.78 is 11.9. The summed E-state index contributed by atoms with van der Waals surface area (Å²) in [5, 5.41) is 5.47. The van der Waals surface area contributed by atoms with Gasteiger partial charge in [0.25, 0.3) is 11.0 Å². The van der Waals surface area contributed by atoms with Crippen molar-refractivity contribution in [2.75, 3.05) is 6.61 Å². The van der Waals surface area contributed by atoms with Crippen LogP contribution in [0.4, 0.5) is 0 Å². The molecule has 0 aliphatic carbocycles. The fourth-order valence-corrected chi connectivity index (χ4v) is 3.45. The molecular formula is C17H17NO2S2. The molecule has 0 radical (unpaired) electrons. The van der Waals surface area contributed by atoms with E-state index in [0.29, 0.717) is 11.8 Å². The van der Waals surface area contributed by atoms with Crippen LogP contribution in [0.2, 0.25) is 0 Å². The van der Waals surface area contributed by atoms with Crippen molar-refractivity contribution in [3.8, 4) is 0 Å². The van der Waals surface area contributed by atoms with Gasteiger partial charge in [-0.05, 0) is 49.2 Å². The average Bonchev–Trinajstić information content (AvgIpc) is 3.11. The van der Waals surface area contributed by atoms with E-state index in [-0.39, 0.29) is 0 Å². The second kappa shape index (κ2) is 6.20. The predicted molar refractivity (Wildman–Crippen MR) is 93.6 cm³/mol. The first-order chi connectivity index (χ1) is 10.6. The minimum Gasteiger partial charge on any atom is -0.427 e. The molecule has 1 aliphatic rings. The summed E-state index contributed by atoms with van der Waals surface area (Å²) in [5.74, 6) is -0.967. The van der Waals surface area contributed by atoms with Crippen LogP contribution < -0.4 is 5.32 Å². The van der Waals surface area contributed by atoms with Gasteiger partial charge in [-0.15, -0.1) is 11.3 Å². The molecule has 1 aliphatic heterocycles. The van der Waals surface area contributed by atoms with Crippen LogP contribution in [0.1, 0.15) is 22.9 Å². The zero-order valence-corrected chi connectivity index (χ0v) is 14.1. The summed E-state index contributed by atoms with van der Waals surface area (Å²) in [5.41, 5.74) is 3.11. The van der Waals surface area contributed by atoms with Gasteiger partial charge in [-0.25, -0.2) is 0 Å². The smallest absolute Gasteiger partial charge is 0.291 e. The molecule has 0 amide bonds. The Bertz CT molecular complexity index is 692. The van der Waals surface area contributed by atoms with Gasteiger partial charge in [0, 0.05) is 6.61 Å². The van der Waals surface area contributed by atoms with Gasteiger partial charge in [0.1, 0.15) is 0 Å². The minimum absolute atomic E-state index is 0.334. The molecule has 1 N–H and O–H groups in total. The summed E-state index contributed by atoms with van der Waals surface area (Å²) in [6.45, 7) is 4.54. The number of nitrogens with one attached hydrogen (secondary N) is 1. The Labute approximate surface area is 139 Å². The molecule has 1 atom stereocenters. The van der Waals surface area contributed by atoms with E-state index in [1.165, 1.54) is 5.56 Å². The molecule has 0 bridgehead atoms. The number of hydrogen-bond acceptors (Lipinski definition) is 4. The molecule has 22 heavy (non-hydrogen) atoms. The summed E-state index contributed by atoms with van der Waals surface area (Å²) in [7, 11) is 0. The minimum atomic E-state index is -0.967. The van der Waals surface area contributed by atoms with Gasteiger partial charge in [0.2, 0.25) is 0 Å². The Morgan fingerprint density at radius 2 is 2.09 bits per heavy atom. The van der Waals surface area contributed by atoms with Crippen LogP contribution in [-0.2, 0) is 15.3 Å². The van der Waals surface area contributed by atoms with E-state index in [2.05, 4.69) is 36.5 Å². The molecule has 114 valence electrons. The highest BCUT2D eigenvalue weighted by atomic mass is 32.1. The molecule has 1 aromatic heterocycles. The van der Waals surface area contributed by atoms with Crippen molar-refractivity contribution < 1.29 is 9.47 Å². The van der Waals surface area contributed by atoms with Crippen LogP contribution in [0.15, 0.2) is 47.5 Å². The molecular weight excluding hydrogens is 314 g/mol. The second-order valence-corrected chi connectivity index (χ2v) is 6.33. The number of hydrogen-bond donors (Lipinski definition) is 1. The van der Waals surface area contributed by atoms with Crippen molar-refractivity contribution in [3.63, 3.8) is 0 Å². The molecule has 0 saturated carbocycles. The molecule has 1 fully saturated rings. The van der Waals surface area contributed by atoms with Gasteiger partial charge in [0.15, 0.2) is 0 Å². The van der Waals surface area contributed by atoms with Gasteiger partial charge >= 0.3 is 0 Å². The van der Waals surface area contributed by atoms with Crippen molar-refractivity contribution >= 4 is 34.8 Å². The fraction of sp³-hybridized carbons (Fsp3) is 0.235. The maximum atomic E-state index is 5.98. The van der Waals surface area contributed by atoms with E-state index in [4.69, 9.17) is 21.7 Å². The van der Waals surface area contributed by atoms with E-state index in [1.807, 2.05) is 30.5 Å². The molecule has 0 spiro atoms. The van der Waals surface area contributed by atoms with Crippen LogP contribution in [0.25, 0.3) is 6.08 Å². The number of aryl methyl sites for hydroxylation is 1. The topological polar surface area (TPSA) is 30.5 Å². The second-order valence-electron chi connectivity index (χ2n) is 5.01. The Morgan fingerprint density at radius 3 is 2.73 bits per heavy atom. The third kappa shape index (κ3) is 2.79. The number of thiophene rings is 1. The average molecular weight is 331 g/mol.